The average Bonchev–Trinajstić information content (AvgIpc) is 3.90. The number of para-hydroxylation sites is 4. The van der Waals surface area contributed by atoms with Crippen molar-refractivity contribution in [3.05, 3.63) is 193 Å². The van der Waals surface area contributed by atoms with E-state index in [1.807, 2.05) is 24.4 Å². The van der Waals surface area contributed by atoms with E-state index in [0.29, 0.717) is 11.5 Å². The largest absolute Gasteiger partial charge is 0.509 e. The van der Waals surface area contributed by atoms with Crippen LogP contribution in [0.25, 0.3) is 55.1 Å². The molecule has 62 heavy (non-hydrogen) atoms. The molecular formula is C55H44N5OPt-3. The van der Waals surface area contributed by atoms with Crippen LogP contribution in [0, 0.1) is 39.6 Å². The Kier molecular flexibility index (Phi) is 9.61. The average molecular weight is 986 g/mol. The zero-order chi connectivity index (χ0) is 41.6. The van der Waals surface area contributed by atoms with Gasteiger partial charge < -0.3 is 23.7 Å². The molecule has 0 spiro atoms. The molecule has 0 radical (unpaired) electrons. The Morgan fingerprint density at radius 1 is 0.565 bits per heavy atom. The van der Waals surface area contributed by atoms with E-state index >= 15 is 0 Å². The number of ether oxygens (including phenoxy) is 1. The number of hydrogen-bond donors (Lipinski definition) is 0. The van der Waals surface area contributed by atoms with Gasteiger partial charge in [-0.15, -0.1) is 48.1 Å². The van der Waals surface area contributed by atoms with Crippen LogP contribution in [0.5, 0.6) is 11.5 Å². The molecular weight excluding hydrogens is 942 g/mol. The molecule has 10 aromatic rings. The predicted octanol–water partition coefficient (Wildman–Crippen LogP) is 14.3. The van der Waals surface area contributed by atoms with Gasteiger partial charge in [0, 0.05) is 77.8 Å². The monoisotopic (exact) mass is 985 g/mol. The molecule has 0 fully saturated rings. The van der Waals surface area contributed by atoms with Gasteiger partial charge in [0.2, 0.25) is 0 Å². The minimum absolute atomic E-state index is 0. The number of fused-ring (bicyclic) bond motifs is 7. The summed E-state index contributed by atoms with van der Waals surface area (Å²) in [5.41, 5.74) is 14.5. The van der Waals surface area contributed by atoms with Crippen molar-refractivity contribution < 1.29 is 25.8 Å². The number of hydrogen-bond acceptors (Lipinski definition) is 4. The van der Waals surface area contributed by atoms with Gasteiger partial charge in [0.25, 0.3) is 0 Å². The van der Waals surface area contributed by atoms with E-state index in [0.717, 1.165) is 55.9 Å². The second-order valence-electron chi connectivity index (χ2n) is 17.2. The van der Waals surface area contributed by atoms with Crippen molar-refractivity contribution >= 4 is 66.4 Å². The number of rotatable bonds is 6. The SMILES string of the molecule is Cc1cc(C)c(N2[CH-]N(c3[c-]c(Oc4[c-]c5c(cc4)c4cc6c7ccccc7n(-c7ccccc7)c6cc4n5-c4cc(C(C)(C)C)ccn4)ccc3)c3ccccc32)c(C)c1.[Pt]. The van der Waals surface area contributed by atoms with Gasteiger partial charge in [-0.25, -0.2) is 4.98 Å². The first-order chi connectivity index (χ1) is 29.6. The molecule has 0 saturated carbocycles. The molecule has 308 valence electrons. The minimum Gasteiger partial charge on any atom is -0.509 e. The number of anilines is 4. The molecule has 0 N–H and O–H groups in total. The van der Waals surface area contributed by atoms with Crippen LogP contribution < -0.4 is 14.5 Å². The standard InChI is InChI=1S/C55H44N5O.Pt/c1-35-27-36(2)54(37(3)28-35)58-34-57(48-21-12-13-22-49(48)58)40-17-14-18-41(30-40)61-42-23-24-44-46-32-45-43-19-10-11-20-47(43)59(39-15-8-7-9-16-39)51(45)33-52(46)60(50(44)31-42)53-29-38(25-26-56-53)55(4,5)6;/h7-29,32-34H,1-6H3;/q-3;. The molecule has 1 aliphatic rings. The van der Waals surface area contributed by atoms with E-state index in [4.69, 9.17) is 9.72 Å². The molecule has 11 rings (SSSR count). The van der Waals surface area contributed by atoms with Crippen LogP contribution in [0.1, 0.15) is 43.0 Å². The molecule has 0 amide bonds. The topological polar surface area (TPSA) is 38.5 Å². The summed E-state index contributed by atoms with van der Waals surface area (Å²) < 4.78 is 11.3. The van der Waals surface area contributed by atoms with E-state index < -0.39 is 0 Å². The zero-order valence-electron chi connectivity index (χ0n) is 35.5. The Labute approximate surface area is 376 Å². The first kappa shape index (κ1) is 39.5. The maximum absolute atomic E-state index is 6.70. The summed E-state index contributed by atoms with van der Waals surface area (Å²) in [6.45, 7) is 15.4. The van der Waals surface area contributed by atoms with Crippen LogP contribution in [0.15, 0.2) is 152 Å². The number of pyridine rings is 1. The maximum Gasteiger partial charge on any atom is 0.135 e. The van der Waals surface area contributed by atoms with Crippen LogP contribution in [0.4, 0.5) is 22.7 Å². The van der Waals surface area contributed by atoms with Gasteiger partial charge in [0.15, 0.2) is 0 Å². The number of aryl methyl sites for hydroxylation is 3. The van der Waals surface area contributed by atoms with Gasteiger partial charge in [-0.1, -0.05) is 98.6 Å². The normalized spacial score (nSPS) is 12.7. The molecule has 0 aliphatic carbocycles. The van der Waals surface area contributed by atoms with Crippen LogP contribution in [-0.2, 0) is 26.5 Å². The summed E-state index contributed by atoms with van der Waals surface area (Å²) in [7, 11) is 0. The third-order valence-corrected chi connectivity index (χ3v) is 12.0. The first-order valence-electron chi connectivity index (χ1n) is 20.9. The van der Waals surface area contributed by atoms with Crippen molar-refractivity contribution in [3.8, 4) is 23.0 Å². The van der Waals surface area contributed by atoms with Crippen molar-refractivity contribution in [2.24, 2.45) is 0 Å². The summed E-state index contributed by atoms with van der Waals surface area (Å²) in [6.07, 6.45) is 1.92. The molecule has 7 aromatic carbocycles. The summed E-state index contributed by atoms with van der Waals surface area (Å²) >= 11 is 0. The smallest absolute Gasteiger partial charge is 0.135 e. The molecule has 6 nitrogen and oxygen atoms in total. The summed E-state index contributed by atoms with van der Waals surface area (Å²) in [4.78, 5) is 9.49. The molecule has 0 atom stereocenters. The molecule has 1 aliphatic heterocycles. The van der Waals surface area contributed by atoms with E-state index in [1.165, 1.54) is 44.2 Å². The molecule has 7 heteroatoms. The third kappa shape index (κ3) is 6.48. The zero-order valence-corrected chi connectivity index (χ0v) is 37.7. The Morgan fingerprint density at radius 3 is 2.02 bits per heavy atom. The van der Waals surface area contributed by atoms with Crippen molar-refractivity contribution in [3.63, 3.8) is 0 Å². The second kappa shape index (κ2) is 15.1. The molecule has 3 aromatic heterocycles. The van der Waals surface area contributed by atoms with Crippen molar-refractivity contribution in [1.29, 1.82) is 0 Å². The van der Waals surface area contributed by atoms with E-state index in [-0.39, 0.29) is 26.5 Å². The predicted molar refractivity (Wildman–Crippen MR) is 251 cm³/mol. The first-order valence-corrected chi connectivity index (χ1v) is 20.9. The molecule has 4 heterocycles. The van der Waals surface area contributed by atoms with Gasteiger partial charge in [-0.05, 0) is 96.8 Å². The van der Waals surface area contributed by atoms with Crippen LogP contribution >= 0.6 is 0 Å². The minimum atomic E-state index is -0.0651. The van der Waals surface area contributed by atoms with Crippen molar-refractivity contribution in [2.45, 2.75) is 47.0 Å². The van der Waals surface area contributed by atoms with Gasteiger partial charge in [-0.2, -0.15) is 12.1 Å². The Morgan fingerprint density at radius 2 is 1.24 bits per heavy atom. The van der Waals surface area contributed by atoms with Crippen LogP contribution in [-0.4, -0.2) is 14.1 Å². The van der Waals surface area contributed by atoms with Crippen molar-refractivity contribution in [2.75, 3.05) is 9.80 Å². The third-order valence-electron chi connectivity index (χ3n) is 12.0. The fourth-order valence-electron chi connectivity index (χ4n) is 9.33. The second-order valence-corrected chi connectivity index (χ2v) is 17.2. The Hall–Kier alpha value is -6.62. The summed E-state index contributed by atoms with van der Waals surface area (Å²) in [5, 5.41) is 4.61. The Balaban J connectivity index is 0.00000458. The molecule has 0 saturated heterocycles. The van der Waals surface area contributed by atoms with Gasteiger partial charge in [0.1, 0.15) is 5.82 Å². The maximum atomic E-state index is 6.70. The number of benzene rings is 7. The Bertz CT molecular complexity index is 3330. The summed E-state index contributed by atoms with van der Waals surface area (Å²) in [5.74, 6) is 2.03. The van der Waals surface area contributed by atoms with Crippen molar-refractivity contribution in [1.82, 2.24) is 14.1 Å². The van der Waals surface area contributed by atoms with Crippen LogP contribution in [0.3, 0.4) is 0 Å². The van der Waals surface area contributed by atoms with E-state index in [1.54, 1.807) is 0 Å². The quantitative estimate of drug-likeness (QED) is 0.156. The summed E-state index contributed by atoms with van der Waals surface area (Å²) in [6, 6.07) is 58.8. The molecule has 0 unspecified atom stereocenters. The molecule has 0 bridgehead atoms. The van der Waals surface area contributed by atoms with E-state index in [9.17, 15) is 0 Å². The van der Waals surface area contributed by atoms with Gasteiger partial charge >= 0.3 is 0 Å². The fourth-order valence-corrected chi connectivity index (χ4v) is 9.33. The fraction of sp³-hybridized carbons (Fsp3) is 0.127. The van der Waals surface area contributed by atoms with E-state index in [2.05, 4.69) is 207 Å². The van der Waals surface area contributed by atoms with Crippen LogP contribution in [0.2, 0.25) is 0 Å². The van der Waals surface area contributed by atoms with Gasteiger partial charge in [-0.3, -0.25) is 0 Å². The number of nitrogens with zero attached hydrogens (tertiary/aromatic N) is 5. The van der Waals surface area contributed by atoms with Gasteiger partial charge in [0.05, 0.1) is 11.0 Å². The number of aromatic nitrogens is 3.